The second-order valence-corrected chi connectivity index (χ2v) is 2.68. The van der Waals surface area contributed by atoms with Gasteiger partial charge in [0.05, 0.1) is 0 Å². The lowest BCUT2D eigenvalue weighted by Gasteiger charge is -2.04. The molecule has 0 rings (SSSR count). The summed E-state index contributed by atoms with van der Waals surface area (Å²) in [5, 5.41) is 11.8. The third kappa shape index (κ3) is 7.56. The van der Waals surface area contributed by atoms with Gasteiger partial charge in [0.2, 0.25) is 0 Å². The maximum absolute atomic E-state index is 8.53. The molecule has 0 aromatic rings. The molecule has 0 aliphatic carbocycles. The van der Waals surface area contributed by atoms with Crippen molar-refractivity contribution in [3.8, 4) is 0 Å². The average Bonchev–Trinajstić information content (AvgIpc) is 2.01. The van der Waals surface area contributed by atoms with Gasteiger partial charge in [0, 0.05) is 6.61 Å². The van der Waals surface area contributed by atoms with E-state index in [2.05, 4.69) is 18.8 Å². The number of nitrogens with one attached hydrogen (secondary N) is 1. The van der Waals surface area contributed by atoms with Crippen molar-refractivity contribution in [1.82, 2.24) is 5.32 Å². The van der Waals surface area contributed by atoms with Crippen LogP contribution in [0.3, 0.4) is 0 Å². The summed E-state index contributed by atoms with van der Waals surface area (Å²) in [6, 6.07) is 0. The molecule has 0 atom stereocenters. The van der Waals surface area contributed by atoms with E-state index in [1.54, 1.807) is 0 Å². The fourth-order valence-electron chi connectivity index (χ4n) is 0.896. The van der Waals surface area contributed by atoms with Crippen molar-refractivity contribution in [1.29, 1.82) is 0 Å². The maximum atomic E-state index is 8.53. The molecule has 0 bridgehead atoms. The predicted octanol–water partition coefficient (Wildman–Crippen LogP) is 1.31. The van der Waals surface area contributed by atoms with Gasteiger partial charge in [-0.3, -0.25) is 0 Å². The van der Waals surface area contributed by atoms with E-state index in [1.165, 1.54) is 5.57 Å². The molecular formula is C9H19NO. The van der Waals surface area contributed by atoms with Gasteiger partial charge in [-0.25, -0.2) is 0 Å². The Morgan fingerprint density at radius 1 is 1.45 bits per heavy atom. The molecule has 2 heteroatoms. The van der Waals surface area contributed by atoms with Crippen molar-refractivity contribution in [2.24, 2.45) is 0 Å². The van der Waals surface area contributed by atoms with Crippen molar-refractivity contribution in [3.63, 3.8) is 0 Å². The summed E-state index contributed by atoms with van der Waals surface area (Å²) in [5.41, 5.74) is 1.24. The lowest BCUT2D eigenvalue weighted by Crippen LogP contribution is -2.14. The van der Waals surface area contributed by atoms with Crippen LogP contribution in [0.4, 0.5) is 0 Å². The zero-order valence-electron chi connectivity index (χ0n) is 7.40. The van der Waals surface area contributed by atoms with Gasteiger partial charge in [0.1, 0.15) is 0 Å². The van der Waals surface area contributed by atoms with Crippen molar-refractivity contribution in [3.05, 3.63) is 12.2 Å². The molecule has 0 heterocycles. The minimum atomic E-state index is 0.278. The van der Waals surface area contributed by atoms with E-state index in [0.29, 0.717) is 0 Å². The molecule has 0 fully saturated rings. The van der Waals surface area contributed by atoms with Gasteiger partial charge < -0.3 is 10.4 Å². The van der Waals surface area contributed by atoms with Gasteiger partial charge >= 0.3 is 0 Å². The summed E-state index contributed by atoms with van der Waals surface area (Å²) in [5.74, 6) is 0. The Kier molecular flexibility index (Phi) is 7.52. The highest BCUT2D eigenvalue weighted by atomic mass is 16.2. The molecule has 0 saturated carbocycles. The fraction of sp³-hybridized carbons (Fsp3) is 0.778. The molecular weight excluding hydrogens is 138 g/mol. The van der Waals surface area contributed by atoms with E-state index in [1.807, 2.05) is 0 Å². The SMILES string of the molecule is C=C(CCCO)CCNCC. The standard InChI is InChI=1S/C9H19NO/c1-3-10-7-6-9(2)5-4-8-11/h10-11H,2-8H2,1H3. The second-order valence-electron chi connectivity index (χ2n) is 2.68. The fourth-order valence-corrected chi connectivity index (χ4v) is 0.896. The van der Waals surface area contributed by atoms with E-state index in [-0.39, 0.29) is 6.61 Å². The monoisotopic (exact) mass is 157 g/mol. The van der Waals surface area contributed by atoms with Crippen molar-refractivity contribution in [2.75, 3.05) is 19.7 Å². The molecule has 0 aliphatic heterocycles. The highest BCUT2D eigenvalue weighted by Gasteiger charge is 1.92. The molecule has 0 aromatic carbocycles. The average molecular weight is 157 g/mol. The molecule has 0 radical (unpaired) electrons. The molecule has 0 aliphatic rings. The second kappa shape index (κ2) is 7.76. The first kappa shape index (κ1) is 10.7. The van der Waals surface area contributed by atoms with Gasteiger partial charge in [-0.1, -0.05) is 19.1 Å². The summed E-state index contributed by atoms with van der Waals surface area (Å²) in [4.78, 5) is 0. The van der Waals surface area contributed by atoms with Crippen LogP contribution in [0, 0.1) is 0 Å². The van der Waals surface area contributed by atoms with Crippen LogP contribution in [-0.2, 0) is 0 Å². The topological polar surface area (TPSA) is 32.3 Å². The van der Waals surface area contributed by atoms with E-state index >= 15 is 0 Å². The van der Waals surface area contributed by atoms with Crippen LogP contribution in [0.2, 0.25) is 0 Å². The summed E-state index contributed by atoms with van der Waals surface area (Å²) in [6.07, 6.45) is 2.85. The van der Waals surface area contributed by atoms with Crippen LogP contribution < -0.4 is 5.32 Å². The highest BCUT2D eigenvalue weighted by Crippen LogP contribution is 2.04. The number of hydrogen-bond acceptors (Lipinski definition) is 2. The quantitative estimate of drug-likeness (QED) is 0.431. The smallest absolute Gasteiger partial charge is 0.0434 e. The van der Waals surface area contributed by atoms with E-state index in [9.17, 15) is 0 Å². The molecule has 2 nitrogen and oxygen atoms in total. The summed E-state index contributed by atoms with van der Waals surface area (Å²) in [7, 11) is 0. The third-order valence-corrected chi connectivity index (χ3v) is 1.59. The largest absolute Gasteiger partial charge is 0.396 e. The lowest BCUT2D eigenvalue weighted by molar-refractivity contribution is 0.288. The summed E-state index contributed by atoms with van der Waals surface area (Å²) < 4.78 is 0. The van der Waals surface area contributed by atoms with Crippen LogP contribution in [0.1, 0.15) is 26.2 Å². The normalized spacial score (nSPS) is 10.0. The van der Waals surface area contributed by atoms with E-state index < -0.39 is 0 Å². The summed E-state index contributed by atoms with van der Waals surface area (Å²) in [6.45, 7) is 8.32. The van der Waals surface area contributed by atoms with Gasteiger partial charge in [-0.05, 0) is 32.4 Å². The van der Waals surface area contributed by atoms with Crippen molar-refractivity contribution in [2.45, 2.75) is 26.2 Å². The maximum Gasteiger partial charge on any atom is 0.0434 e. The van der Waals surface area contributed by atoms with Crippen molar-refractivity contribution < 1.29 is 5.11 Å². The molecule has 0 unspecified atom stereocenters. The molecule has 0 spiro atoms. The number of aliphatic hydroxyl groups is 1. The Bertz CT molecular complexity index is 102. The van der Waals surface area contributed by atoms with Crippen LogP contribution >= 0.6 is 0 Å². The number of hydrogen-bond donors (Lipinski definition) is 2. The molecule has 11 heavy (non-hydrogen) atoms. The Balaban J connectivity index is 3.09. The van der Waals surface area contributed by atoms with Gasteiger partial charge in [0.15, 0.2) is 0 Å². The van der Waals surface area contributed by atoms with Crippen LogP contribution in [0.15, 0.2) is 12.2 Å². The van der Waals surface area contributed by atoms with E-state index in [4.69, 9.17) is 5.11 Å². The first-order chi connectivity index (χ1) is 5.31. The Morgan fingerprint density at radius 3 is 2.73 bits per heavy atom. The molecule has 0 amide bonds. The summed E-state index contributed by atoms with van der Waals surface area (Å²) >= 11 is 0. The number of aliphatic hydroxyl groups excluding tert-OH is 1. The zero-order chi connectivity index (χ0) is 8.53. The lowest BCUT2D eigenvalue weighted by atomic mass is 10.1. The molecule has 66 valence electrons. The minimum Gasteiger partial charge on any atom is -0.396 e. The third-order valence-electron chi connectivity index (χ3n) is 1.59. The molecule has 0 aromatic heterocycles. The van der Waals surface area contributed by atoms with Gasteiger partial charge in [0.25, 0.3) is 0 Å². The van der Waals surface area contributed by atoms with Crippen LogP contribution in [0.5, 0.6) is 0 Å². The van der Waals surface area contributed by atoms with Crippen LogP contribution in [0.25, 0.3) is 0 Å². The van der Waals surface area contributed by atoms with Crippen LogP contribution in [-0.4, -0.2) is 24.8 Å². The number of rotatable bonds is 7. The Labute approximate surface area is 69.3 Å². The van der Waals surface area contributed by atoms with Gasteiger partial charge in [-0.2, -0.15) is 0 Å². The Hall–Kier alpha value is -0.340. The molecule has 0 saturated heterocycles. The van der Waals surface area contributed by atoms with Crippen molar-refractivity contribution >= 4 is 0 Å². The minimum absolute atomic E-state index is 0.278. The highest BCUT2D eigenvalue weighted by molar-refractivity contribution is 4.93. The van der Waals surface area contributed by atoms with E-state index in [0.717, 1.165) is 32.4 Å². The molecule has 2 N–H and O–H groups in total. The first-order valence-electron chi connectivity index (χ1n) is 4.29. The Morgan fingerprint density at radius 2 is 2.18 bits per heavy atom. The zero-order valence-corrected chi connectivity index (χ0v) is 7.40. The first-order valence-corrected chi connectivity index (χ1v) is 4.29. The predicted molar refractivity (Wildman–Crippen MR) is 48.6 cm³/mol. The van der Waals surface area contributed by atoms with Gasteiger partial charge in [-0.15, -0.1) is 0 Å².